The molecule has 3 heterocycles. The molecule has 0 unspecified atom stereocenters. The normalized spacial score (nSPS) is 13.2. The molecule has 1 amide bonds. The van der Waals surface area contributed by atoms with Crippen molar-refractivity contribution in [2.45, 2.75) is 25.8 Å². The third-order valence-electron chi connectivity index (χ3n) is 4.85. The molecule has 0 aliphatic carbocycles. The first kappa shape index (κ1) is 18.5. The lowest BCUT2D eigenvalue weighted by molar-refractivity contribution is -0.119. The van der Waals surface area contributed by atoms with Gasteiger partial charge in [-0.2, -0.15) is 5.26 Å². The number of aliphatic imine (C=N–C) groups is 1. The minimum absolute atomic E-state index is 0.115. The Kier molecular flexibility index (Phi) is 5.12. The van der Waals surface area contributed by atoms with E-state index in [-0.39, 0.29) is 11.9 Å². The molecule has 1 atom stereocenters. The number of pyridine rings is 2. The van der Waals surface area contributed by atoms with Crippen molar-refractivity contribution >= 4 is 17.3 Å². The fraction of sp³-hybridized carbons (Fsp3) is 0.174. The Bertz CT molecular complexity index is 1130. The molecule has 0 bridgehead atoms. The number of benzene rings is 1. The van der Waals surface area contributed by atoms with E-state index in [9.17, 15) is 4.79 Å². The molecule has 3 aromatic rings. The molecule has 2 aromatic heterocycles. The summed E-state index contributed by atoms with van der Waals surface area (Å²) in [5.74, 6) is -0.115. The highest BCUT2D eigenvalue weighted by molar-refractivity contribution is 5.99. The molecular weight excluding hydrogens is 362 g/mol. The van der Waals surface area contributed by atoms with Gasteiger partial charge in [0.15, 0.2) is 0 Å². The van der Waals surface area contributed by atoms with Crippen molar-refractivity contribution in [1.82, 2.24) is 15.3 Å². The topological polar surface area (TPSA) is 91.0 Å². The van der Waals surface area contributed by atoms with Gasteiger partial charge >= 0.3 is 0 Å². The first-order valence-electron chi connectivity index (χ1n) is 9.35. The minimum atomic E-state index is -0.250. The maximum absolute atomic E-state index is 11.8. The molecule has 0 spiro atoms. The van der Waals surface area contributed by atoms with Crippen molar-refractivity contribution in [2.75, 3.05) is 0 Å². The van der Waals surface area contributed by atoms with Crippen molar-refractivity contribution in [1.29, 1.82) is 5.26 Å². The fourth-order valence-electron chi connectivity index (χ4n) is 3.48. The number of amides is 1. The minimum Gasteiger partial charge on any atom is -0.348 e. The van der Waals surface area contributed by atoms with Gasteiger partial charge in [0.2, 0.25) is 5.91 Å². The maximum Gasteiger partial charge on any atom is 0.217 e. The first-order valence-corrected chi connectivity index (χ1v) is 9.35. The number of nitriles is 1. The van der Waals surface area contributed by atoms with E-state index in [0.717, 1.165) is 33.8 Å². The number of carbonyl (C=O) groups excluding carboxylic acids is 1. The van der Waals surface area contributed by atoms with Gasteiger partial charge in [0.25, 0.3) is 0 Å². The van der Waals surface area contributed by atoms with Gasteiger partial charge in [-0.1, -0.05) is 12.1 Å². The molecule has 0 fully saturated rings. The lowest BCUT2D eigenvalue weighted by atomic mass is 9.98. The number of nitrogens with zero attached hydrogens (tertiary/aromatic N) is 4. The predicted molar refractivity (Wildman–Crippen MR) is 111 cm³/mol. The molecule has 1 aliphatic heterocycles. The highest BCUT2D eigenvalue weighted by Gasteiger charge is 2.25. The first-order chi connectivity index (χ1) is 14.1. The van der Waals surface area contributed by atoms with Crippen molar-refractivity contribution in [3.05, 3.63) is 77.9 Å². The molecule has 6 heteroatoms. The summed E-state index contributed by atoms with van der Waals surface area (Å²) in [7, 11) is 0. The van der Waals surface area contributed by atoms with Gasteiger partial charge in [0.05, 0.1) is 29.1 Å². The highest BCUT2D eigenvalue weighted by atomic mass is 16.1. The SMILES string of the molecule is CC(=O)N[C@@H](Cc1cccc(C#N)c1)C1=Nc2cc(-c3ccncc3)cnc2C1. The summed E-state index contributed by atoms with van der Waals surface area (Å²) in [5, 5.41) is 12.1. The van der Waals surface area contributed by atoms with E-state index in [1.54, 1.807) is 18.5 Å². The number of hydrogen-bond donors (Lipinski definition) is 1. The van der Waals surface area contributed by atoms with Crippen LogP contribution < -0.4 is 5.32 Å². The van der Waals surface area contributed by atoms with Gasteiger partial charge in [-0.25, -0.2) is 0 Å². The van der Waals surface area contributed by atoms with Crippen LogP contribution in [0.3, 0.4) is 0 Å². The highest BCUT2D eigenvalue weighted by Crippen LogP contribution is 2.31. The number of nitrogens with one attached hydrogen (secondary N) is 1. The zero-order valence-corrected chi connectivity index (χ0v) is 16.0. The Morgan fingerprint density at radius 1 is 1.21 bits per heavy atom. The van der Waals surface area contributed by atoms with Crippen molar-refractivity contribution in [3.63, 3.8) is 0 Å². The lowest BCUT2D eigenvalue weighted by Gasteiger charge is -2.18. The van der Waals surface area contributed by atoms with E-state index in [1.165, 1.54) is 6.92 Å². The average molecular weight is 381 g/mol. The third kappa shape index (κ3) is 4.19. The summed E-state index contributed by atoms with van der Waals surface area (Å²) >= 11 is 0. The molecule has 0 saturated heterocycles. The Morgan fingerprint density at radius 3 is 2.79 bits per heavy atom. The van der Waals surface area contributed by atoms with Gasteiger partial charge in [-0.05, 0) is 47.9 Å². The second-order valence-electron chi connectivity index (χ2n) is 6.98. The number of rotatable bonds is 5. The third-order valence-corrected chi connectivity index (χ3v) is 4.85. The van der Waals surface area contributed by atoms with Crippen LogP contribution in [0.25, 0.3) is 11.1 Å². The Balaban J connectivity index is 1.62. The quantitative estimate of drug-likeness (QED) is 0.733. The van der Waals surface area contributed by atoms with Crippen LogP contribution in [0.4, 0.5) is 5.69 Å². The lowest BCUT2D eigenvalue weighted by Crippen LogP contribution is -2.41. The van der Waals surface area contributed by atoms with Crippen LogP contribution in [0.15, 0.2) is 66.0 Å². The second kappa shape index (κ2) is 8.03. The molecule has 1 N–H and O–H groups in total. The molecule has 0 saturated carbocycles. The average Bonchev–Trinajstić information content (AvgIpc) is 3.17. The molecule has 6 nitrogen and oxygen atoms in total. The summed E-state index contributed by atoms with van der Waals surface area (Å²) in [6.07, 6.45) is 6.50. The van der Waals surface area contributed by atoms with E-state index in [0.29, 0.717) is 18.4 Å². The van der Waals surface area contributed by atoms with Gasteiger partial charge in [0.1, 0.15) is 0 Å². The Hall–Kier alpha value is -3.85. The van der Waals surface area contributed by atoms with Gasteiger partial charge in [0, 0.05) is 43.2 Å². The summed E-state index contributed by atoms with van der Waals surface area (Å²) in [5.41, 5.74) is 6.20. The second-order valence-corrected chi connectivity index (χ2v) is 6.98. The summed E-state index contributed by atoms with van der Waals surface area (Å²) in [4.78, 5) is 25.2. The molecule has 1 aromatic carbocycles. The van der Waals surface area contributed by atoms with Crippen LogP contribution in [0.5, 0.6) is 0 Å². The summed E-state index contributed by atoms with van der Waals surface area (Å²) in [6, 6.07) is 15.2. The smallest absolute Gasteiger partial charge is 0.217 e. The van der Waals surface area contributed by atoms with Crippen LogP contribution in [-0.4, -0.2) is 27.6 Å². The molecule has 29 heavy (non-hydrogen) atoms. The number of carbonyl (C=O) groups is 1. The molecular formula is C23H19N5O. The zero-order chi connectivity index (χ0) is 20.2. The van der Waals surface area contributed by atoms with E-state index >= 15 is 0 Å². The Morgan fingerprint density at radius 2 is 2.03 bits per heavy atom. The number of aromatic nitrogens is 2. The van der Waals surface area contributed by atoms with Crippen molar-refractivity contribution < 1.29 is 4.79 Å². The van der Waals surface area contributed by atoms with Crippen molar-refractivity contribution in [2.24, 2.45) is 4.99 Å². The van der Waals surface area contributed by atoms with Crippen LogP contribution >= 0.6 is 0 Å². The van der Waals surface area contributed by atoms with E-state index in [4.69, 9.17) is 10.3 Å². The van der Waals surface area contributed by atoms with Crippen LogP contribution in [-0.2, 0) is 17.6 Å². The largest absolute Gasteiger partial charge is 0.348 e. The molecule has 0 radical (unpaired) electrons. The van der Waals surface area contributed by atoms with E-state index in [1.807, 2.05) is 42.6 Å². The van der Waals surface area contributed by atoms with Crippen molar-refractivity contribution in [3.8, 4) is 17.2 Å². The van der Waals surface area contributed by atoms with Crippen LogP contribution in [0.2, 0.25) is 0 Å². The standard InChI is InChI=1S/C23H19N5O/c1-15(29)27-21(10-16-3-2-4-17(9-16)13-24)23-12-20-22(28-23)11-19(14-26-20)18-5-7-25-8-6-18/h2-9,11,14,21H,10,12H2,1H3,(H,27,29)/t21-/m0/s1. The summed E-state index contributed by atoms with van der Waals surface area (Å²) in [6.45, 7) is 1.50. The zero-order valence-electron chi connectivity index (χ0n) is 16.0. The monoisotopic (exact) mass is 381 g/mol. The van der Waals surface area contributed by atoms with E-state index < -0.39 is 0 Å². The molecule has 1 aliphatic rings. The Labute approximate surface area is 169 Å². The van der Waals surface area contributed by atoms with E-state index in [2.05, 4.69) is 21.4 Å². The predicted octanol–water partition coefficient (Wildman–Crippen LogP) is 3.39. The van der Waals surface area contributed by atoms with Gasteiger partial charge in [-0.3, -0.25) is 19.8 Å². The van der Waals surface area contributed by atoms with Gasteiger partial charge in [-0.15, -0.1) is 0 Å². The molecule has 142 valence electrons. The van der Waals surface area contributed by atoms with Gasteiger partial charge < -0.3 is 5.32 Å². The fourth-order valence-corrected chi connectivity index (χ4v) is 3.48. The number of hydrogen-bond acceptors (Lipinski definition) is 5. The number of fused-ring (bicyclic) bond motifs is 1. The maximum atomic E-state index is 11.8. The molecule has 4 rings (SSSR count). The van der Waals surface area contributed by atoms with Crippen LogP contribution in [0, 0.1) is 11.3 Å². The summed E-state index contributed by atoms with van der Waals surface area (Å²) < 4.78 is 0. The van der Waals surface area contributed by atoms with Crippen LogP contribution in [0.1, 0.15) is 23.7 Å².